The van der Waals surface area contributed by atoms with Gasteiger partial charge in [-0.2, -0.15) is 0 Å². The molecule has 0 aromatic rings. The molecule has 1 saturated heterocycles. The van der Waals surface area contributed by atoms with Crippen molar-refractivity contribution in [3.63, 3.8) is 0 Å². The summed E-state index contributed by atoms with van der Waals surface area (Å²) in [7, 11) is 0. The van der Waals surface area contributed by atoms with Gasteiger partial charge in [-0.25, -0.2) is 0 Å². The van der Waals surface area contributed by atoms with Crippen LogP contribution in [-0.4, -0.2) is 48.7 Å². The molecule has 1 aliphatic heterocycles. The first-order valence-electron chi connectivity index (χ1n) is 5.54. The van der Waals surface area contributed by atoms with E-state index in [1.807, 2.05) is 25.7 Å². The highest BCUT2D eigenvalue weighted by atomic mass is 16.5. The van der Waals surface area contributed by atoms with Crippen LogP contribution in [0.5, 0.6) is 0 Å². The molecule has 88 valence electrons. The summed E-state index contributed by atoms with van der Waals surface area (Å²) in [6.45, 7) is 10.7. The molecule has 1 aliphatic rings. The molecular weight excluding hydrogens is 192 g/mol. The average molecular weight is 214 g/mol. The molecule has 0 aromatic heterocycles. The Labute approximate surface area is 92.0 Å². The molecule has 1 heterocycles. The molecule has 0 spiro atoms. The van der Waals surface area contributed by atoms with Crippen LogP contribution in [0.4, 0.5) is 0 Å². The molecule has 0 aliphatic carbocycles. The number of carbonyl (C=O) groups is 1. The molecule has 0 bridgehead atoms. The van der Waals surface area contributed by atoms with Gasteiger partial charge in [-0.1, -0.05) is 0 Å². The summed E-state index contributed by atoms with van der Waals surface area (Å²) < 4.78 is 5.48. The fraction of sp³-hybridized carbons (Fsp3) is 0.909. The summed E-state index contributed by atoms with van der Waals surface area (Å²) in [6, 6.07) is 0.273. The van der Waals surface area contributed by atoms with E-state index in [-0.39, 0.29) is 24.2 Å². The number of amides is 1. The van der Waals surface area contributed by atoms with E-state index in [4.69, 9.17) is 4.74 Å². The molecule has 4 nitrogen and oxygen atoms in total. The number of hydrogen-bond donors (Lipinski definition) is 1. The fourth-order valence-corrected chi connectivity index (χ4v) is 1.57. The molecule has 1 atom stereocenters. The topological polar surface area (TPSA) is 41.6 Å². The highest BCUT2D eigenvalue weighted by Gasteiger charge is 2.24. The van der Waals surface area contributed by atoms with E-state index in [1.165, 1.54) is 0 Å². The van der Waals surface area contributed by atoms with Gasteiger partial charge < -0.3 is 15.0 Å². The van der Waals surface area contributed by atoms with Crippen molar-refractivity contribution in [2.75, 3.05) is 26.2 Å². The molecule has 1 amide bonds. The van der Waals surface area contributed by atoms with Gasteiger partial charge in [-0.05, 0) is 27.7 Å². The molecule has 0 radical (unpaired) electrons. The standard InChI is InChI=1S/C11H22N2O2/c1-9-7-12-5-6-13(9)10(14)8-15-11(2,3)4/h9,12H,5-8H2,1-4H3/t9-/m0/s1. The van der Waals surface area contributed by atoms with Crippen molar-refractivity contribution < 1.29 is 9.53 Å². The first-order chi connectivity index (χ1) is 6.90. The molecule has 1 N–H and O–H groups in total. The highest BCUT2D eigenvalue weighted by Crippen LogP contribution is 2.09. The van der Waals surface area contributed by atoms with Crippen molar-refractivity contribution in [3.05, 3.63) is 0 Å². The zero-order chi connectivity index (χ0) is 11.5. The van der Waals surface area contributed by atoms with E-state index >= 15 is 0 Å². The van der Waals surface area contributed by atoms with Crippen molar-refractivity contribution in [2.24, 2.45) is 0 Å². The van der Waals surface area contributed by atoms with Gasteiger partial charge in [-0.15, -0.1) is 0 Å². The number of ether oxygens (including phenoxy) is 1. The lowest BCUT2D eigenvalue weighted by Crippen LogP contribution is -2.53. The minimum atomic E-state index is -0.243. The molecule has 1 fully saturated rings. The van der Waals surface area contributed by atoms with Crippen LogP contribution in [0.2, 0.25) is 0 Å². The predicted octanol–water partition coefficient (Wildman–Crippen LogP) is 0.622. The second-order valence-corrected chi connectivity index (χ2v) is 5.04. The van der Waals surface area contributed by atoms with Crippen LogP contribution in [0.1, 0.15) is 27.7 Å². The van der Waals surface area contributed by atoms with E-state index < -0.39 is 0 Å². The van der Waals surface area contributed by atoms with Crippen LogP contribution < -0.4 is 5.32 Å². The van der Waals surface area contributed by atoms with E-state index in [1.54, 1.807) is 0 Å². The Morgan fingerprint density at radius 2 is 2.20 bits per heavy atom. The number of nitrogens with zero attached hydrogens (tertiary/aromatic N) is 1. The Kier molecular flexibility index (Phi) is 4.11. The maximum absolute atomic E-state index is 11.8. The van der Waals surface area contributed by atoms with Crippen molar-refractivity contribution >= 4 is 5.91 Å². The molecule has 15 heavy (non-hydrogen) atoms. The third-order valence-electron chi connectivity index (χ3n) is 2.45. The van der Waals surface area contributed by atoms with Crippen LogP contribution in [0.15, 0.2) is 0 Å². The van der Waals surface area contributed by atoms with Crippen LogP contribution in [-0.2, 0) is 9.53 Å². The number of hydrogen-bond acceptors (Lipinski definition) is 3. The second-order valence-electron chi connectivity index (χ2n) is 5.04. The Balaban J connectivity index is 2.39. The zero-order valence-electron chi connectivity index (χ0n) is 10.2. The lowest BCUT2D eigenvalue weighted by molar-refractivity contribution is -0.143. The maximum atomic E-state index is 11.8. The van der Waals surface area contributed by atoms with Gasteiger partial charge in [0.05, 0.1) is 5.60 Å². The first kappa shape index (κ1) is 12.5. The summed E-state index contributed by atoms with van der Waals surface area (Å²) >= 11 is 0. The summed E-state index contributed by atoms with van der Waals surface area (Å²) in [5.74, 6) is 0.0962. The minimum Gasteiger partial charge on any atom is -0.366 e. The Hall–Kier alpha value is -0.610. The smallest absolute Gasteiger partial charge is 0.248 e. The SMILES string of the molecule is C[C@H]1CNCCN1C(=O)COC(C)(C)C. The quantitative estimate of drug-likeness (QED) is 0.733. The average Bonchev–Trinajstić information content (AvgIpc) is 2.14. The normalized spacial score (nSPS) is 22.9. The Morgan fingerprint density at radius 3 is 2.73 bits per heavy atom. The van der Waals surface area contributed by atoms with E-state index in [2.05, 4.69) is 12.2 Å². The number of rotatable bonds is 2. The number of carbonyl (C=O) groups excluding carboxylic acids is 1. The second kappa shape index (κ2) is 4.94. The van der Waals surface area contributed by atoms with Gasteiger partial charge in [0.15, 0.2) is 0 Å². The van der Waals surface area contributed by atoms with Gasteiger partial charge in [0.2, 0.25) is 5.91 Å². The summed E-state index contributed by atoms with van der Waals surface area (Å²) in [5.41, 5.74) is -0.243. The lowest BCUT2D eigenvalue weighted by atomic mass is 10.2. The molecule has 0 aromatic carbocycles. The van der Waals surface area contributed by atoms with Gasteiger partial charge in [0.1, 0.15) is 6.61 Å². The maximum Gasteiger partial charge on any atom is 0.248 e. The van der Waals surface area contributed by atoms with Gasteiger partial charge in [0, 0.05) is 25.7 Å². The summed E-state index contributed by atoms with van der Waals surface area (Å²) in [6.07, 6.45) is 0. The van der Waals surface area contributed by atoms with Crippen molar-refractivity contribution in [1.29, 1.82) is 0 Å². The number of piperazine rings is 1. The van der Waals surface area contributed by atoms with Crippen LogP contribution in [0.25, 0.3) is 0 Å². The Bertz CT molecular complexity index is 223. The first-order valence-corrected chi connectivity index (χ1v) is 5.54. The monoisotopic (exact) mass is 214 g/mol. The Morgan fingerprint density at radius 1 is 1.53 bits per heavy atom. The van der Waals surface area contributed by atoms with Gasteiger partial charge >= 0.3 is 0 Å². The molecule has 4 heteroatoms. The van der Waals surface area contributed by atoms with Gasteiger partial charge in [0.25, 0.3) is 0 Å². The van der Waals surface area contributed by atoms with Crippen LogP contribution >= 0.6 is 0 Å². The zero-order valence-corrected chi connectivity index (χ0v) is 10.2. The van der Waals surface area contributed by atoms with Crippen molar-refractivity contribution in [3.8, 4) is 0 Å². The summed E-state index contributed by atoms with van der Waals surface area (Å²) in [4.78, 5) is 13.7. The molecule has 0 saturated carbocycles. The third-order valence-corrected chi connectivity index (χ3v) is 2.45. The molecular formula is C11H22N2O2. The van der Waals surface area contributed by atoms with Crippen LogP contribution in [0.3, 0.4) is 0 Å². The van der Waals surface area contributed by atoms with Crippen molar-refractivity contribution in [1.82, 2.24) is 10.2 Å². The highest BCUT2D eigenvalue weighted by molar-refractivity contribution is 5.78. The van der Waals surface area contributed by atoms with Crippen molar-refractivity contribution in [2.45, 2.75) is 39.3 Å². The predicted molar refractivity (Wildman–Crippen MR) is 59.7 cm³/mol. The van der Waals surface area contributed by atoms with E-state index in [0.717, 1.165) is 19.6 Å². The molecule has 0 unspecified atom stereocenters. The largest absolute Gasteiger partial charge is 0.366 e. The summed E-state index contributed by atoms with van der Waals surface area (Å²) in [5, 5.41) is 3.26. The van der Waals surface area contributed by atoms with Crippen LogP contribution in [0, 0.1) is 0 Å². The fourth-order valence-electron chi connectivity index (χ4n) is 1.57. The third kappa shape index (κ3) is 4.18. The van der Waals surface area contributed by atoms with E-state index in [9.17, 15) is 4.79 Å². The minimum absolute atomic E-state index is 0.0962. The van der Waals surface area contributed by atoms with Gasteiger partial charge in [-0.3, -0.25) is 4.79 Å². The molecule has 1 rings (SSSR count). The number of nitrogens with one attached hydrogen (secondary N) is 1. The van der Waals surface area contributed by atoms with E-state index in [0.29, 0.717) is 0 Å². The lowest BCUT2D eigenvalue weighted by Gasteiger charge is -2.34.